The van der Waals surface area contributed by atoms with Gasteiger partial charge in [-0.15, -0.1) is 0 Å². The number of halogens is 1. The molecule has 0 saturated carbocycles. The first-order chi connectivity index (χ1) is 12.7. The Kier molecular flexibility index (Phi) is 7.30. The highest BCUT2D eigenvalue weighted by molar-refractivity contribution is 6.31. The van der Waals surface area contributed by atoms with Crippen molar-refractivity contribution in [2.45, 2.75) is 76.7 Å². The summed E-state index contributed by atoms with van der Waals surface area (Å²) in [6.07, 6.45) is 13.1. The number of pyridine rings is 1. The molecular weight excluding hydrogens is 342 g/mol. The van der Waals surface area contributed by atoms with Crippen LogP contribution in [0.3, 0.4) is 0 Å². The Morgan fingerprint density at radius 3 is 2.54 bits per heavy atom. The number of unbranched alkanes of at least 4 members (excludes halogenated alkanes) is 5. The maximum absolute atomic E-state index is 6.71. The summed E-state index contributed by atoms with van der Waals surface area (Å²) in [5, 5.41) is 1.95. The van der Waals surface area contributed by atoms with Gasteiger partial charge in [0, 0.05) is 22.1 Å². The molecule has 1 aromatic carbocycles. The summed E-state index contributed by atoms with van der Waals surface area (Å²) in [5.41, 5.74) is 17.3. The quantitative estimate of drug-likeness (QED) is 0.574. The molecule has 3 rings (SSSR count). The van der Waals surface area contributed by atoms with E-state index in [1.807, 2.05) is 12.1 Å². The monoisotopic (exact) mass is 373 g/mol. The topological polar surface area (TPSA) is 64.9 Å². The van der Waals surface area contributed by atoms with Crippen molar-refractivity contribution in [3.63, 3.8) is 0 Å². The van der Waals surface area contributed by atoms with Gasteiger partial charge in [-0.2, -0.15) is 0 Å². The van der Waals surface area contributed by atoms with E-state index < -0.39 is 0 Å². The third-order valence-electron chi connectivity index (χ3n) is 5.61. The van der Waals surface area contributed by atoms with Gasteiger partial charge < -0.3 is 11.5 Å². The standard InChI is InChI=1S/C22H32ClN3/c23-16-12-13-18-21(15-16)26-20-11-7-6-9-17(20)22(18)19(25)10-5-3-1-2-4-8-14-24/h12-13,15,19H,1-11,14,24-25H2. The van der Waals surface area contributed by atoms with Crippen LogP contribution in [0.2, 0.25) is 5.02 Å². The fourth-order valence-corrected chi connectivity index (χ4v) is 4.39. The Morgan fingerprint density at radius 2 is 1.73 bits per heavy atom. The maximum atomic E-state index is 6.71. The molecule has 4 N–H and O–H groups in total. The highest BCUT2D eigenvalue weighted by Gasteiger charge is 2.21. The molecule has 4 heteroatoms. The van der Waals surface area contributed by atoms with Crippen molar-refractivity contribution in [2.24, 2.45) is 11.5 Å². The second-order valence-corrected chi connectivity index (χ2v) is 8.06. The maximum Gasteiger partial charge on any atom is 0.0723 e. The van der Waals surface area contributed by atoms with E-state index in [2.05, 4.69) is 6.07 Å². The normalized spacial score (nSPS) is 15.2. The van der Waals surface area contributed by atoms with Crippen LogP contribution in [0.4, 0.5) is 0 Å². The number of hydrogen-bond acceptors (Lipinski definition) is 3. The number of rotatable bonds is 9. The summed E-state index contributed by atoms with van der Waals surface area (Å²) in [4.78, 5) is 4.91. The first-order valence-corrected chi connectivity index (χ1v) is 10.6. The Bertz CT molecular complexity index is 729. The fraction of sp³-hybridized carbons (Fsp3) is 0.591. The average Bonchev–Trinajstić information content (AvgIpc) is 2.65. The van der Waals surface area contributed by atoms with Crippen LogP contribution in [0.5, 0.6) is 0 Å². The molecule has 0 spiro atoms. The molecule has 0 radical (unpaired) electrons. The van der Waals surface area contributed by atoms with Crippen LogP contribution >= 0.6 is 11.6 Å². The number of benzene rings is 1. The molecule has 0 aliphatic heterocycles. The first kappa shape index (κ1) is 19.6. The van der Waals surface area contributed by atoms with Crippen molar-refractivity contribution in [1.29, 1.82) is 0 Å². The molecule has 2 aromatic rings. The molecular formula is C22H32ClN3. The molecule has 1 aliphatic rings. The zero-order valence-electron chi connectivity index (χ0n) is 15.8. The first-order valence-electron chi connectivity index (χ1n) is 10.3. The number of fused-ring (bicyclic) bond motifs is 2. The van der Waals surface area contributed by atoms with E-state index in [1.54, 1.807) is 0 Å². The molecule has 142 valence electrons. The van der Waals surface area contributed by atoms with Gasteiger partial charge in [-0.3, -0.25) is 4.98 Å². The van der Waals surface area contributed by atoms with Crippen LogP contribution in [-0.4, -0.2) is 11.5 Å². The number of aryl methyl sites for hydroxylation is 1. The van der Waals surface area contributed by atoms with Crippen LogP contribution in [0.25, 0.3) is 10.9 Å². The number of hydrogen-bond donors (Lipinski definition) is 2. The molecule has 1 unspecified atom stereocenters. The summed E-state index contributed by atoms with van der Waals surface area (Å²) in [5.74, 6) is 0. The van der Waals surface area contributed by atoms with E-state index >= 15 is 0 Å². The second kappa shape index (κ2) is 9.68. The van der Waals surface area contributed by atoms with Crippen molar-refractivity contribution >= 4 is 22.5 Å². The summed E-state index contributed by atoms with van der Waals surface area (Å²) < 4.78 is 0. The highest BCUT2D eigenvalue weighted by Crippen LogP contribution is 2.35. The van der Waals surface area contributed by atoms with E-state index in [-0.39, 0.29) is 6.04 Å². The van der Waals surface area contributed by atoms with Gasteiger partial charge >= 0.3 is 0 Å². The SMILES string of the molecule is NCCCCCCCCC(N)c1c2c(nc3cc(Cl)ccc13)CCCC2. The predicted molar refractivity (Wildman–Crippen MR) is 112 cm³/mol. The summed E-state index contributed by atoms with van der Waals surface area (Å²) in [6, 6.07) is 6.16. The van der Waals surface area contributed by atoms with Gasteiger partial charge in [0.1, 0.15) is 0 Å². The molecule has 3 nitrogen and oxygen atoms in total. The minimum atomic E-state index is 0.0950. The van der Waals surface area contributed by atoms with Gasteiger partial charge in [0.25, 0.3) is 0 Å². The zero-order chi connectivity index (χ0) is 18.4. The molecule has 1 atom stereocenters. The van der Waals surface area contributed by atoms with Crippen LogP contribution < -0.4 is 11.5 Å². The van der Waals surface area contributed by atoms with E-state index in [4.69, 9.17) is 28.1 Å². The van der Waals surface area contributed by atoms with Crippen LogP contribution in [-0.2, 0) is 12.8 Å². The molecule has 1 heterocycles. The summed E-state index contributed by atoms with van der Waals surface area (Å²) in [6.45, 7) is 0.815. The van der Waals surface area contributed by atoms with Crippen LogP contribution in [0.15, 0.2) is 18.2 Å². The average molecular weight is 374 g/mol. The lowest BCUT2D eigenvalue weighted by Gasteiger charge is -2.24. The van der Waals surface area contributed by atoms with Crippen molar-refractivity contribution in [1.82, 2.24) is 4.98 Å². The molecule has 0 saturated heterocycles. The highest BCUT2D eigenvalue weighted by atomic mass is 35.5. The number of nitrogens with two attached hydrogens (primary N) is 2. The van der Waals surface area contributed by atoms with Gasteiger partial charge in [-0.05, 0) is 68.3 Å². The Labute approximate surface area is 162 Å². The van der Waals surface area contributed by atoms with Crippen LogP contribution in [0, 0.1) is 0 Å². The lowest BCUT2D eigenvalue weighted by Crippen LogP contribution is -2.18. The van der Waals surface area contributed by atoms with Gasteiger partial charge in [-0.25, -0.2) is 0 Å². The van der Waals surface area contributed by atoms with Gasteiger partial charge in [0.15, 0.2) is 0 Å². The predicted octanol–water partition coefficient (Wildman–Crippen LogP) is 5.46. The molecule has 1 aromatic heterocycles. The molecule has 1 aliphatic carbocycles. The molecule has 0 amide bonds. The third-order valence-corrected chi connectivity index (χ3v) is 5.84. The minimum Gasteiger partial charge on any atom is -0.330 e. The number of nitrogens with zero attached hydrogens (tertiary/aromatic N) is 1. The Balaban J connectivity index is 1.73. The Morgan fingerprint density at radius 1 is 1.00 bits per heavy atom. The van der Waals surface area contributed by atoms with Crippen LogP contribution in [0.1, 0.15) is 80.7 Å². The van der Waals surface area contributed by atoms with Crippen molar-refractivity contribution in [2.75, 3.05) is 6.54 Å². The molecule has 0 fully saturated rings. The smallest absolute Gasteiger partial charge is 0.0723 e. The van der Waals surface area contributed by atoms with E-state index in [9.17, 15) is 0 Å². The molecule has 0 bridgehead atoms. The zero-order valence-corrected chi connectivity index (χ0v) is 16.5. The van der Waals surface area contributed by atoms with E-state index in [1.165, 1.54) is 67.2 Å². The van der Waals surface area contributed by atoms with Gasteiger partial charge in [0.05, 0.1) is 5.52 Å². The van der Waals surface area contributed by atoms with Crippen molar-refractivity contribution < 1.29 is 0 Å². The molecule has 26 heavy (non-hydrogen) atoms. The fourth-order valence-electron chi connectivity index (χ4n) is 4.22. The van der Waals surface area contributed by atoms with Crippen molar-refractivity contribution in [3.05, 3.63) is 40.0 Å². The largest absolute Gasteiger partial charge is 0.330 e. The van der Waals surface area contributed by atoms with Crippen molar-refractivity contribution in [3.8, 4) is 0 Å². The van der Waals surface area contributed by atoms with E-state index in [0.717, 1.165) is 42.8 Å². The summed E-state index contributed by atoms with van der Waals surface area (Å²) in [7, 11) is 0. The van der Waals surface area contributed by atoms with Gasteiger partial charge in [0.2, 0.25) is 0 Å². The second-order valence-electron chi connectivity index (χ2n) is 7.62. The third kappa shape index (κ3) is 4.76. The summed E-state index contributed by atoms with van der Waals surface area (Å²) >= 11 is 6.21. The van der Waals surface area contributed by atoms with E-state index in [0.29, 0.717) is 0 Å². The van der Waals surface area contributed by atoms with Gasteiger partial charge in [-0.1, -0.05) is 49.8 Å². The lowest BCUT2D eigenvalue weighted by atomic mass is 9.85. The Hall–Kier alpha value is -1.16. The minimum absolute atomic E-state index is 0.0950. The lowest BCUT2D eigenvalue weighted by molar-refractivity contribution is 0.540. The number of aromatic nitrogens is 1.